The quantitative estimate of drug-likeness (QED) is 0.615. The van der Waals surface area contributed by atoms with Crippen LogP contribution in [0.25, 0.3) is 0 Å². The minimum Gasteiger partial charge on any atom is -0.366 e. The lowest BCUT2D eigenvalue weighted by molar-refractivity contribution is -0.384. The van der Waals surface area contributed by atoms with E-state index in [0.29, 0.717) is 12.4 Å². The molecule has 0 fully saturated rings. The van der Waals surface area contributed by atoms with E-state index in [2.05, 4.69) is 15.0 Å². The zero-order valence-corrected chi connectivity index (χ0v) is 12.5. The Bertz CT molecular complexity index is 758. The fourth-order valence-corrected chi connectivity index (χ4v) is 2.36. The van der Waals surface area contributed by atoms with Gasteiger partial charge in [-0.05, 0) is 24.7 Å². The van der Waals surface area contributed by atoms with Crippen molar-refractivity contribution in [1.82, 2.24) is 9.71 Å². The summed E-state index contributed by atoms with van der Waals surface area (Å²) in [6.07, 6.45) is 1.25. The van der Waals surface area contributed by atoms with E-state index in [9.17, 15) is 18.5 Å². The minimum atomic E-state index is -3.50. The SMILES string of the molecule is CNS(=O)(=O)c1ccc(NCc2ccc([N+](=O)[O-])cc2)nc1. The molecule has 0 bridgehead atoms. The molecular weight excluding hydrogens is 308 g/mol. The summed E-state index contributed by atoms with van der Waals surface area (Å²) in [6.45, 7) is 0.420. The highest BCUT2D eigenvalue weighted by molar-refractivity contribution is 7.89. The van der Waals surface area contributed by atoms with Crippen molar-refractivity contribution in [2.24, 2.45) is 0 Å². The average Bonchev–Trinajstić information content (AvgIpc) is 2.53. The van der Waals surface area contributed by atoms with Gasteiger partial charge >= 0.3 is 0 Å². The van der Waals surface area contributed by atoms with E-state index in [-0.39, 0.29) is 10.6 Å². The van der Waals surface area contributed by atoms with Crippen molar-refractivity contribution in [2.45, 2.75) is 11.4 Å². The highest BCUT2D eigenvalue weighted by atomic mass is 32.2. The normalized spacial score (nSPS) is 11.1. The second kappa shape index (κ2) is 6.50. The molecule has 0 aliphatic rings. The van der Waals surface area contributed by atoms with Crippen molar-refractivity contribution in [3.63, 3.8) is 0 Å². The molecular formula is C13H14N4O4S. The minimum absolute atomic E-state index is 0.0310. The van der Waals surface area contributed by atoms with Crippen LogP contribution in [-0.2, 0) is 16.6 Å². The summed E-state index contributed by atoms with van der Waals surface area (Å²) >= 11 is 0. The van der Waals surface area contributed by atoms with Gasteiger partial charge in [-0.2, -0.15) is 0 Å². The molecule has 2 aromatic rings. The Labute approximate surface area is 127 Å². The van der Waals surface area contributed by atoms with Crippen LogP contribution in [0.3, 0.4) is 0 Å². The fraction of sp³-hybridized carbons (Fsp3) is 0.154. The summed E-state index contributed by atoms with van der Waals surface area (Å²) in [5.41, 5.74) is 0.878. The first-order valence-corrected chi connectivity index (χ1v) is 7.77. The predicted molar refractivity (Wildman–Crippen MR) is 80.9 cm³/mol. The fourth-order valence-electron chi connectivity index (χ4n) is 1.69. The molecule has 116 valence electrons. The molecule has 8 nitrogen and oxygen atoms in total. The molecule has 0 saturated carbocycles. The number of benzene rings is 1. The summed E-state index contributed by atoms with van der Waals surface area (Å²) in [5, 5.41) is 13.6. The third kappa shape index (κ3) is 3.77. The molecule has 0 amide bonds. The Morgan fingerprint density at radius 3 is 2.36 bits per heavy atom. The van der Waals surface area contributed by atoms with Crippen LogP contribution in [0.1, 0.15) is 5.56 Å². The number of pyridine rings is 1. The van der Waals surface area contributed by atoms with Gasteiger partial charge in [-0.25, -0.2) is 18.1 Å². The van der Waals surface area contributed by atoms with E-state index in [1.807, 2.05) is 0 Å². The van der Waals surface area contributed by atoms with Crippen LogP contribution in [0, 0.1) is 10.1 Å². The predicted octanol–water partition coefficient (Wildman–Crippen LogP) is 1.51. The summed E-state index contributed by atoms with van der Waals surface area (Å²) in [4.78, 5) is 14.2. The molecule has 2 N–H and O–H groups in total. The first-order chi connectivity index (χ1) is 10.4. The number of nitrogens with zero attached hydrogens (tertiary/aromatic N) is 2. The van der Waals surface area contributed by atoms with E-state index in [1.165, 1.54) is 31.4 Å². The van der Waals surface area contributed by atoms with Crippen molar-refractivity contribution in [3.8, 4) is 0 Å². The lowest BCUT2D eigenvalue weighted by Crippen LogP contribution is -2.18. The van der Waals surface area contributed by atoms with Crippen LogP contribution in [0.2, 0.25) is 0 Å². The third-order valence-corrected chi connectivity index (χ3v) is 4.34. The Morgan fingerprint density at radius 1 is 1.18 bits per heavy atom. The number of nitrogens with one attached hydrogen (secondary N) is 2. The largest absolute Gasteiger partial charge is 0.366 e. The van der Waals surface area contributed by atoms with E-state index >= 15 is 0 Å². The van der Waals surface area contributed by atoms with Gasteiger partial charge < -0.3 is 5.32 Å². The number of anilines is 1. The van der Waals surface area contributed by atoms with Crippen LogP contribution < -0.4 is 10.0 Å². The number of hydrogen-bond acceptors (Lipinski definition) is 6. The molecule has 1 aromatic carbocycles. The Kier molecular flexibility index (Phi) is 4.68. The van der Waals surface area contributed by atoms with E-state index < -0.39 is 14.9 Å². The van der Waals surface area contributed by atoms with Crippen molar-refractivity contribution in [3.05, 3.63) is 58.3 Å². The van der Waals surface area contributed by atoms with Gasteiger partial charge in [0, 0.05) is 24.9 Å². The second-order valence-electron chi connectivity index (χ2n) is 4.36. The molecule has 0 aliphatic carbocycles. The van der Waals surface area contributed by atoms with Crippen LogP contribution in [0.4, 0.5) is 11.5 Å². The van der Waals surface area contributed by atoms with Gasteiger partial charge in [0.1, 0.15) is 10.7 Å². The number of nitro benzene ring substituents is 1. The Morgan fingerprint density at radius 2 is 1.86 bits per heavy atom. The Hall–Kier alpha value is -2.52. The smallest absolute Gasteiger partial charge is 0.269 e. The van der Waals surface area contributed by atoms with Crippen molar-refractivity contribution < 1.29 is 13.3 Å². The van der Waals surface area contributed by atoms with E-state index in [4.69, 9.17) is 0 Å². The standard InChI is InChI=1S/C13H14N4O4S/c1-14-22(20,21)12-6-7-13(16-9-12)15-8-10-2-4-11(5-3-10)17(18)19/h2-7,9,14H,8H2,1H3,(H,15,16). The topological polar surface area (TPSA) is 114 Å². The monoisotopic (exact) mass is 322 g/mol. The Balaban J connectivity index is 2.01. The molecule has 0 aliphatic heterocycles. The molecule has 0 radical (unpaired) electrons. The molecule has 0 unspecified atom stereocenters. The van der Waals surface area contributed by atoms with Crippen LogP contribution >= 0.6 is 0 Å². The van der Waals surface area contributed by atoms with Gasteiger partial charge in [0.05, 0.1) is 4.92 Å². The molecule has 1 heterocycles. The number of aromatic nitrogens is 1. The van der Waals surface area contributed by atoms with E-state index in [1.54, 1.807) is 18.2 Å². The zero-order valence-electron chi connectivity index (χ0n) is 11.7. The number of non-ortho nitro benzene ring substituents is 1. The van der Waals surface area contributed by atoms with E-state index in [0.717, 1.165) is 5.56 Å². The first kappa shape index (κ1) is 15.9. The lowest BCUT2D eigenvalue weighted by atomic mass is 10.2. The number of hydrogen-bond donors (Lipinski definition) is 2. The molecule has 2 rings (SSSR count). The number of nitro groups is 1. The maximum Gasteiger partial charge on any atom is 0.269 e. The van der Waals surface area contributed by atoms with Gasteiger partial charge in [0.15, 0.2) is 0 Å². The summed E-state index contributed by atoms with van der Waals surface area (Å²) < 4.78 is 25.3. The molecule has 0 saturated heterocycles. The highest BCUT2D eigenvalue weighted by Crippen LogP contribution is 2.14. The van der Waals surface area contributed by atoms with Gasteiger partial charge in [-0.15, -0.1) is 0 Å². The lowest BCUT2D eigenvalue weighted by Gasteiger charge is -2.07. The maximum atomic E-state index is 11.6. The first-order valence-electron chi connectivity index (χ1n) is 6.29. The second-order valence-corrected chi connectivity index (χ2v) is 6.25. The summed E-state index contributed by atoms with van der Waals surface area (Å²) in [6, 6.07) is 9.13. The maximum absolute atomic E-state index is 11.6. The molecule has 0 spiro atoms. The summed E-state index contributed by atoms with van der Waals surface area (Å²) in [7, 11) is -2.17. The molecule has 0 atom stereocenters. The van der Waals surface area contributed by atoms with Crippen LogP contribution in [0.5, 0.6) is 0 Å². The van der Waals surface area contributed by atoms with Crippen LogP contribution in [0.15, 0.2) is 47.5 Å². The van der Waals surface area contributed by atoms with Crippen molar-refractivity contribution in [1.29, 1.82) is 0 Å². The van der Waals surface area contributed by atoms with Gasteiger partial charge in [0.25, 0.3) is 5.69 Å². The zero-order chi connectivity index (χ0) is 16.2. The molecule has 1 aromatic heterocycles. The van der Waals surface area contributed by atoms with Crippen molar-refractivity contribution in [2.75, 3.05) is 12.4 Å². The van der Waals surface area contributed by atoms with Gasteiger partial charge in [0.2, 0.25) is 10.0 Å². The van der Waals surface area contributed by atoms with Crippen molar-refractivity contribution >= 4 is 21.5 Å². The number of sulfonamides is 1. The average molecular weight is 322 g/mol. The van der Waals surface area contributed by atoms with Gasteiger partial charge in [-0.3, -0.25) is 10.1 Å². The van der Waals surface area contributed by atoms with Gasteiger partial charge in [-0.1, -0.05) is 12.1 Å². The van der Waals surface area contributed by atoms with Crippen LogP contribution in [-0.4, -0.2) is 25.4 Å². The third-order valence-electron chi connectivity index (χ3n) is 2.94. The summed E-state index contributed by atoms with van der Waals surface area (Å²) in [5.74, 6) is 0.508. The molecule has 9 heteroatoms. The highest BCUT2D eigenvalue weighted by Gasteiger charge is 2.11. The number of rotatable bonds is 6. The molecule has 22 heavy (non-hydrogen) atoms.